The Labute approximate surface area is 130 Å². The van der Waals surface area contributed by atoms with Gasteiger partial charge in [0.15, 0.2) is 21.3 Å². The van der Waals surface area contributed by atoms with Gasteiger partial charge in [-0.25, -0.2) is 8.42 Å². The van der Waals surface area contributed by atoms with Gasteiger partial charge in [0, 0.05) is 11.6 Å². The van der Waals surface area contributed by atoms with Gasteiger partial charge in [-0.3, -0.25) is 4.79 Å². The molecule has 0 saturated carbocycles. The Morgan fingerprint density at radius 1 is 1.32 bits per heavy atom. The van der Waals surface area contributed by atoms with Crippen LogP contribution in [0.25, 0.3) is 0 Å². The summed E-state index contributed by atoms with van der Waals surface area (Å²) in [6.07, 6.45) is 0.456. The van der Waals surface area contributed by atoms with Crippen LogP contribution in [0.1, 0.15) is 30.6 Å². The molecule has 0 unspecified atom stereocenters. The number of sulfone groups is 1. The minimum absolute atomic E-state index is 0.00253. The minimum Gasteiger partial charge on any atom is -0.493 e. The third kappa shape index (κ3) is 4.13. The zero-order valence-electron chi connectivity index (χ0n) is 13.0. The summed E-state index contributed by atoms with van der Waals surface area (Å²) in [5.74, 6) is 0.863. The molecule has 22 heavy (non-hydrogen) atoms. The van der Waals surface area contributed by atoms with Crippen LogP contribution in [0.15, 0.2) is 18.2 Å². The Morgan fingerprint density at radius 3 is 2.59 bits per heavy atom. The van der Waals surface area contributed by atoms with Gasteiger partial charge in [-0.05, 0) is 38.5 Å². The molecule has 7 heteroatoms. The van der Waals surface area contributed by atoms with E-state index in [9.17, 15) is 13.2 Å². The van der Waals surface area contributed by atoms with E-state index in [1.54, 1.807) is 18.2 Å². The molecule has 1 aromatic rings. The molecule has 1 aliphatic heterocycles. The number of hydrogen-bond donors (Lipinski definition) is 1. The summed E-state index contributed by atoms with van der Waals surface area (Å²) < 4.78 is 33.7. The topological polar surface area (TPSA) is 81.7 Å². The van der Waals surface area contributed by atoms with E-state index in [-0.39, 0.29) is 29.6 Å². The lowest BCUT2D eigenvalue weighted by Crippen LogP contribution is -2.35. The van der Waals surface area contributed by atoms with Crippen LogP contribution in [-0.4, -0.2) is 45.1 Å². The molecule has 1 aliphatic rings. The summed E-state index contributed by atoms with van der Waals surface area (Å²) in [7, 11) is -1.51. The van der Waals surface area contributed by atoms with Crippen LogP contribution in [0, 0.1) is 0 Å². The van der Waals surface area contributed by atoms with Crippen molar-refractivity contribution < 1.29 is 22.7 Å². The second-order valence-electron chi connectivity index (χ2n) is 5.61. The summed E-state index contributed by atoms with van der Waals surface area (Å²) in [4.78, 5) is 12.2. The summed E-state index contributed by atoms with van der Waals surface area (Å²) in [6, 6.07) is 4.59. The van der Waals surface area contributed by atoms with E-state index in [0.717, 1.165) is 0 Å². The van der Waals surface area contributed by atoms with Gasteiger partial charge in [-0.1, -0.05) is 0 Å². The Balaban J connectivity index is 2.10. The van der Waals surface area contributed by atoms with E-state index in [1.807, 2.05) is 13.8 Å². The van der Waals surface area contributed by atoms with Crippen molar-refractivity contribution in [1.29, 1.82) is 0 Å². The Hall–Kier alpha value is -1.76. The highest BCUT2D eigenvalue weighted by Crippen LogP contribution is 2.29. The van der Waals surface area contributed by atoms with E-state index in [1.165, 1.54) is 7.11 Å². The number of benzene rings is 1. The second-order valence-corrected chi connectivity index (χ2v) is 7.83. The molecule has 0 aliphatic carbocycles. The maximum Gasteiger partial charge on any atom is 0.251 e. The third-order valence-electron chi connectivity index (χ3n) is 3.36. The van der Waals surface area contributed by atoms with Crippen molar-refractivity contribution in [3.8, 4) is 11.5 Å². The predicted molar refractivity (Wildman–Crippen MR) is 83.3 cm³/mol. The normalized spacial score (nSPS) is 19.9. The minimum atomic E-state index is -3.02. The van der Waals surface area contributed by atoms with Crippen molar-refractivity contribution in [2.24, 2.45) is 0 Å². The van der Waals surface area contributed by atoms with E-state index >= 15 is 0 Å². The maximum absolute atomic E-state index is 12.2. The number of rotatable bonds is 5. The van der Waals surface area contributed by atoms with Crippen LogP contribution in [0.4, 0.5) is 0 Å². The maximum atomic E-state index is 12.2. The molecule has 1 saturated heterocycles. The van der Waals surface area contributed by atoms with Crippen molar-refractivity contribution >= 4 is 15.7 Å². The summed E-state index contributed by atoms with van der Waals surface area (Å²) >= 11 is 0. The monoisotopic (exact) mass is 327 g/mol. The molecule has 0 radical (unpaired) electrons. The average Bonchev–Trinajstić information content (AvgIpc) is 2.77. The molecule has 2 rings (SSSR count). The number of ether oxygens (including phenoxy) is 2. The first-order valence-electron chi connectivity index (χ1n) is 7.16. The van der Waals surface area contributed by atoms with Crippen LogP contribution in [0.2, 0.25) is 0 Å². The van der Waals surface area contributed by atoms with E-state index in [0.29, 0.717) is 23.5 Å². The van der Waals surface area contributed by atoms with Gasteiger partial charge in [0.25, 0.3) is 5.91 Å². The number of carbonyl (C=O) groups is 1. The number of nitrogens with one attached hydrogen (secondary N) is 1. The molecular formula is C15H21NO5S. The largest absolute Gasteiger partial charge is 0.493 e. The number of hydrogen-bond acceptors (Lipinski definition) is 5. The van der Waals surface area contributed by atoms with Gasteiger partial charge < -0.3 is 14.8 Å². The van der Waals surface area contributed by atoms with Gasteiger partial charge in [0.05, 0.1) is 24.7 Å². The first-order chi connectivity index (χ1) is 10.3. The molecule has 1 amide bonds. The van der Waals surface area contributed by atoms with E-state index < -0.39 is 9.84 Å². The van der Waals surface area contributed by atoms with Crippen molar-refractivity contribution in [1.82, 2.24) is 5.32 Å². The van der Waals surface area contributed by atoms with E-state index in [4.69, 9.17) is 9.47 Å². The molecule has 1 heterocycles. The second kappa shape index (κ2) is 6.56. The molecule has 1 aromatic carbocycles. The fourth-order valence-corrected chi connectivity index (χ4v) is 4.01. The van der Waals surface area contributed by atoms with Gasteiger partial charge in [0.2, 0.25) is 0 Å². The lowest BCUT2D eigenvalue weighted by molar-refractivity contribution is 0.0940. The van der Waals surface area contributed by atoms with Crippen molar-refractivity contribution in [3.63, 3.8) is 0 Å². The third-order valence-corrected chi connectivity index (χ3v) is 5.12. The predicted octanol–water partition coefficient (Wildman–Crippen LogP) is 1.40. The Kier molecular flexibility index (Phi) is 4.95. The number of methoxy groups -OCH3 is 1. The lowest BCUT2D eigenvalue weighted by Gasteiger charge is -2.15. The highest BCUT2D eigenvalue weighted by atomic mass is 32.2. The molecule has 1 N–H and O–H groups in total. The van der Waals surface area contributed by atoms with Crippen molar-refractivity contribution in [2.45, 2.75) is 32.4 Å². The first-order valence-corrected chi connectivity index (χ1v) is 8.99. The van der Waals surface area contributed by atoms with Gasteiger partial charge in [0.1, 0.15) is 0 Å². The first kappa shape index (κ1) is 16.6. The lowest BCUT2D eigenvalue weighted by atomic mass is 10.1. The number of amides is 1. The molecule has 0 bridgehead atoms. The molecular weight excluding hydrogens is 306 g/mol. The van der Waals surface area contributed by atoms with Crippen LogP contribution in [-0.2, 0) is 9.84 Å². The quantitative estimate of drug-likeness (QED) is 0.884. The molecule has 1 atom stereocenters. The highest BCUT2D eigenvalue weighted by Gasteiger charge is 2.29. The van der Waals surface area contributed by atoms with E-state index in [2.05, 4.69) is 5.32 Å². The van der Waals surface area contributed by atoms with Gasteiger partial charge >= 0.3 is 0 Å². The van der Waals surface area contributed by atoms with Crippen LogP contribution in [0.3, 0.4) is 0 Å². The molecule has 1 fully saturated rings. The summed E-state index contributed by atoms with van der Waals surface area (Å²) in [5.41, 5.74) is 0.414. The summed E-state index contributed by atoms with van der Waals surface area (Å²) in [6.45, 7) is 3.81. The summed E-state index contributed by atoms with van der Waals surface area (Å²) in [5, 5.41) is 2.75. The SMILES string of the molecule is COc1cc(C(=O)N[C@@H]2CCS(=O)(=O)C2)ccc1OC(C)C. The zero-order chi connectivity index (χ0) is 16.3. The van der Waals surface area contributed by atoms with Crippen LogP contribution >= 0.6 is 0 Å². The number of carbonyl (C=O) groups excluding carboxylic acids is 1. The van der Waals surface area contributed by atoms with Gasteiger partial charge in [-0.15, -0.1) is 0 Å². The van der Waals surface area contributed by atoms with Crippen molar-refractivity contribution in [3.05, 3.63) is 23.8 Å². The van der Waals surface area contributed by atoms with Gasteiger partial charge in [-0.2, -0.15) is 0 Å². The zero-order valence-corrected chi connectivity index (χ0v) is 13.8. The smallest absolute Gasteiger partial charge is 0.251 e. The standard InChI is InChI=1S/C15H21NO5S/c1-10(2)21-13-5-4-11(8-14(13)20-3)15(17)16-12-6-7-22(18,19)9-12/h4-5,8,10,12H,6-7,9H2,1-3H3,(H,16,17)/t12-/m1/s1. The fourth-order valence-electron chi connectivity index (χ4n) is 2.34. The average molecular weight is 327 g/mol. The van der Waals surface area contributed by atoms with Crippen LogP contribution < -0.4 is 14.8 Å². The fraction of sp³-hybridized carbons (Fsp3) is 0.533. The molecule has 122 valence electrons. The van der Waals surface area contributed by atoms with Crippen molar-refractivity contribution in [2.75, 3.05) is 18.6 Å². The Morgan fingerprint density at radius 2 is 2.05 bits per heavy atom. The molecule has 0 aromatic heterocycles. The Bertz CT molecular complexity index is 654. The molecule has 6 nitrogen and oxygen atoms in total. The van der Waals surface area contributed by atoms with Crippen LogP contribution in [0.5, 0.6) is 11.5 Å². The molecule has 0 spiro atoms. The highest BCUT2D eigenvalue weighted by molar-refractivity contribution is 7.91.